The highest BCUT2D eigenvalue weighted by atomic mass is 16.5. The lowest BCUT2D eigenvalue weighted by molar-refractivity contribution is 0.368. The molecule has 0 atom stereocenters. The standard InChI is InChI=1S/C18H28O.C2H6/c1-9-16(19-11-3)14-15(18(7,8)10-2)12-13-17(4,5)6;1-2/h1,11-12,14H,3,10,13H2,2,4-8H3;1-2H3/b15-12+,16-14+;. The molecular weight excluding hydrogens is 256 g/mol. The fourth-order valence-corrected chi connectivity index (χ4v) is 1.49. The van der Waals surface area contributed by atoms with Gasteiger partial charge in [-0.25, -0.2) is 0 Å². The van der Waals surface area contributed by atoms with Gasteiger partial charge in [0.15, 0.2) is 5.76 Å². The molecule has 0 fully saturated rings. The molecule has 0 heterocycles. The van der Waals surface area contributed by atoms with Gasteiger partial charge in [0.25, 0.3) is 0 Å². The molecule has 0 saturated heterocycles. The largest absolute Gasteiger partial charge is 0.457 e. The predicted octanol–water partition coefficient (Wildman–Crippen LogP) is 6.49. The van der Waals surface area contributed by atoms with Crippen molar-refractivity contribution in [1.29, 1.82) is 0 Å². The quantitative estimate of drug-likeness (QED) is 0.308. The molecule has 120 valence electrons. The van der Waals surface area contributed by atoms with Crippen LogP contribution >= 0.6 is 0 Å². The van der Waals surface area contributed by atoms with Crippen LogP contribution in [0.3, 0.4) is 0 Å². The van der Waals surface area contributed by atoms with Crippen LogP contribution in [-0.4, -0.2) is 0 Å². The first-order chi connectivity index (χ1) is 9.66. The van der Waals surface area contributed by atoms with Gasteiger partial charge in [-0.1, -0.05) is 68.0 Å². The van der Waals surface area contributed by atoms with E-state index < -0.39 is 0 Å². The van der Waals surface area contributed by atoms with Crippen molar-refractivity contribution in [3.63, 3.8) is 0 Å². The summed E-state index contributed by atoms with van der Waals surface area (Å²) in [4.78, 5) is 0. The second-order valence-electron chi connectivity index (χ2n) is 6.60. The number of hydrogen-bond donors (Lipinski definition) is 0. The van der Waals surface area contributed by atoms with Crippen molar-refractivity contribution < 1.29 is 4.74 Å². The first kappa shape index (κ1) is 21.9. The van der Waals surface area contributed by atoms with Crippen molar-refractivity contribution in [3.8, 4) is 12.3 Å². The molecule has 0 aliphatic carbocycles. The van der Waals surface area contributed by atoms with Crippen LogP contribution in [0.15, 0.2) is 36.3 Å². The first-order valence-corrected chi connectivity index (χ1v) is 7.83. The Hall–Kier alpha value is -1.42. The highest BCUT2D eigenvalue weighted by Gasteiger charge is 2.21. The molecule has 0 aromatic carbocycles. The molecule has 0 radical (unpaired) electrons. The Morgan fingerprint density at radius 3 is 2.05 bits per heavy atom. The van der Waals surface area contributed by atoms with Crippen LogP contribution in [0.25, 0.3) is 0 Å². The van der Waals surface area contributed by atoms with E-state index in [1.54, 1.807) is 0 Å². The molecule has 0 unspecified atom stereocenters. The van der Waals surface area contributed by atoms with Crippen molar-refractivity contribution in [2.24, 2.45) is 10.8 Å². The van der Waals surface area contributed by atoms with Crippen molar-refractivity contribution in [1.82, 2.24) is 0 Å². The number of hydrogen-bond acceptors (Lipinski definition) is 1. The average molecular weight is 290 g/mol. The molecule has 0 aliphatic rings. The summed E-state index contributed by atoms with van der Waals surface area (Å²) in [6.45, 7) is 20.9. The zero-order chi connectivity index (χ0) is 17.1. The van der Waals surface area contributed by atoms with Gasteiger partial charge < -0.3 is 4.74 Å². The molecule has 0 saturated carbocycles. The summed E-state index contributed by atoms with van der Waals surface area (Å²) < 4.78 is 5.24. The van der Waals surface area contributed by atoms with Crippen LogP contribution in [0.4, 0.5) is 0 Å². The Bertz CT molecular complexity index is 395. The van der Waals surface area contributed by atoms with Crippen molar-refractivity contribution in [2.45, 2.75) is 68.2 Å². The fourth-order valence-electron chi connectivity index (χ4n) is 1.49. The summed E-state index contributed by atoms with van der Waals surface area (Å²) in [5, 5.41) is 0. The Labute approximate surface area is 133 Å². The van der Waals surface area contributed by atoms with Crippen molar-refractivity contribution >= 4 is 0 Å². The minimum absolute atomic E-state index is 0.0812. The zero-order valence-corrected chi connectivity index (χ0v) is 15.3. The minimum Gasteiger partial charge on any atom is -0.457 e. The van der Waals surface area contributed by atoms with Crippen molar-refractivity contribution in [2.75, 3.05) is 0 Å². The molecule has 0 amide bonds. The Balaban J connectivity index is 0. The molecule has 0 aromatic rings. The zero-order valence-electron chi connectivity index (χ0n) is 15.3. The number of allylic oxidation sites excluding steroid dienone is 4. The lowest BCUT2D eigenvalue weighted by Gasteiger charge is -2.26. The van der Waals surface area contributed by atoms with Gasteiger partial charge in [-0.2, -0.15) is 0 Å². The van der Waals surface area contributed by atoms with Crippen LogP contribution in [-0.2, 0) is 4.74 Å². The summed E-state index contributed by atoms with van der Waals surface area (Å²) in [5.74, 6) is 3.06. The molecule has 1 nitrogen and oxygen atoms in total. The lowest BCUT2D eigenvalue weighted by atomic mass is 9.79. The maximum Gasteiger partial charge on any atom is 0.176 e. The molecule has 1 heteroatoms. The van der Waals surface area contributed by atoms with Gasteiger partial charge in [0, 0.05) is 0 Å². The molecule has 0 bridgehead atoms. The number of rotatable bonds is 6. The van der Waals surface area contributed by atoms with E-state index in [9.17, 15) is 0 Å². The first-order valence-electron chi connectivity index (χ1n) is 7.83. The molecule has 0 spiro atoms. The summed E-state index contributed by atoms with van der Waals surface area (Å²) in [6, 6.07) is 0. The Morgan fingerprint density at radius 2 is 1.71 bits per heavy atom. The Morgan fingerprint density at radius 1 is 1.19 bits per heavy atom. The molecule has 0 aromatic heterocycles. The van der Waals surface area contributed by atoms with Gasteiger partial charge in [-0.05, 0) is 41.2 Å². The third-order valence-electron chi connectivity index (χ3n) is 3.24. The fraction of sp³-hybridized carbons (Fsp3) is 0.600. The van der Waals surface area contributed by atoms with Gasteiger partial charge in [0.05, 0.1) is 6.26 Å². The summed E-state index contributed by atoms with van der Waals surface area (Å²) >= 11 is 0. The monoisotopic (exact) mass is 290 g/mol. The van der Waals surface area contributed by atoms with E-state index in [0.29, 0.717) is 5.76 Å². The van der Waals surface area contributed by atoms with Gasteiger partial charge in [0.2, 0.25) is 0 Å². The van der Waals surface area contributed by atoms with Crippen LogP contribution in [0.1, 0.15) is 68.2 Å². The van der Waals surface area contributed by atoms with Gasteiger partial charge in [-0.3, -0.25) is 0 Å². The van der Waals surface area contributed by atoms with E-state index in [0.717, 1.165) is 12.8 Å². The van der Waals surface area contributed by atoms with E-state index in [1.807, 2.05) is 19.9 Å². The molecule has 0 N–H and O–H groups in total. The maximum absolute atomic E-state index is 5.46. The highest BCUT2D eigenvalue weighted by Crippen LogP contribution is 2.33. The Kier molecular flexibility index (Phi) is 10.8. The summed E-state index contributed by atoms with van der Waals surface area (Å²) in [6.07, 6.45) is 13.1. The summed E-state index contributed by atoms with van der Waals surface area (Å²) in [5.41, 5.74) is 1.57. The van der Waals surface area contributed by atoms with Gasteiger partial charge in [-0.15, -0.1) is 6.42 Å². The summed E-state index contributed by atoms with van der Waals surface area (Å²) in [7, 11) is 0. The lowest BCUT2D eigenvalue weighted by Crippen LogP contribution is -2.14. The molecular formula is C20H34O. The third-order valence-corrected chi connectivity index (χ3v) is 3.24. The number of terminal acetylenes is 1. The van der Waals surface area contributed by atoms with Gasteiger partial charge in [0.1, 0.15) is 0 Å². The second-order valence-corrected chi connectivity index (χ2v) is 6.60. The number of ether oxygens (including phenoxy) is 1. The predicted molar refractivity (Wildman–Crippen MR) is 95.8 cm³/mol. The van der Waals surface area contributed by atoms with Crippen LogP contribution < -0.4 is 0 Å². The van der Waals surface area contributed by atoms with E-state index in [1.165, 1.54) is 11.8 Å². The van der Waals surface area contributed by atoms with Crippen LogP contribution in [0, 0.1) is 23.2 Å². The van der Waals surface area contributed by atoms with Crippen LogP contribution in [0.5, 0.6) is 0 Å². The third kappa shape index (κ3) is 10.0. The van der Waals surface area contributed by atoms with E-state index in [4.69, 9.17) is 11.2 Å². The minimum atomic E-state index is 0.0812. The van der Waals surface area contributed by atoms with E-state index in [-0.39, 0.29) is 10.8 Å². The van der Waals surface area contributed by atoms with Crippen molar-refractivity contribution in [3.05, 3.63) is 36.3 Å². The highest BCUT2D eigenvalue weighted by molar-refractivity contribution is 5.34. The van der Waals surface area contributed by atoms with E-state index in [2.05, 4.69) is 60.1 Å². The SMILES string of the molecule is C#C/C(=C\C(=C/CC(C)(C)C)C(C)(C)CC)OC=C.CC. The topological polar surface area (TPSA) is 9.23 Å². The average Bonchev–Trinajstić information content (AvgIpc) is 2.43. The second kappa shape index (κ2) is 10.3. The van der Waals surface area contributed by atoms with E-state index >= 15 is 0 Å². The normalized spacial score (nSPS) is 12.9. The molecule has 0 aliphatic heterocycles. The maximum atomic E-state index is 5.46. The smallest absolute Gasteiger partial charge is 0.176 e. The molecule has 21 heavy (non-hydrogen) atoms. The molecule has 0 rings (SSSR count). The van der Waals surface area contributed by atoms with Gasteiger partial charge >= 0.3 is 0 Å². The van der Waals surface area contributed by atoms with Crippen LogP contribution in [0.2, 0.25) is 0 Å².